The average molecular weight is 430 g/mol. The monoisotopic (exact) mass is 429 g/mol. The molecule has 0 radical (unpaired) electrons. The molecule has 3 heterocycles. The average Bonchev–Trinajstić information content (AvgIpc) is 2.79. The van der Waals surface area contributed by atoms with Gasteiger partial charge in [0.15, 0.2) is 5.69 Å². The van der Waals surface area contributed by atoms with Gasteiger partial charge in [-0.3, -0.25) is 4.90 Å². The summed E-state index contributed by atoms with van der Waals surface area (Å²) in [4.78, 5) is 16.3. The quantitative estimate of drug-likeness (QED) is 0.635. The van der Waals surface area contributed by atoms with Crippen molar-refractivity contribution < 1.29 is 9.90 Å². The third-order valence-electron chi connectivity index (χ3n) is 8.60. The lowest BCUT2D eigenvalue weighted by Gasteiger charge is -2.56. The Balaban J connectivity index is 1.28. The predicted molar refractivity (Wildman–Crippen MR) is 128 cm³/mol. The fourth-order valence-corrected chi connectivity index (χ4v) is 7.38. The fraction of sp³-hybridized carbons (Fsp3) is 0.464. The van der Waals surface area contributed by atoms with E-state index in [0.29, 0.717) is 6.54 Å². The summed E-state index contributed by atoms with van der Waals surface area (Å²) >= 11 is 0. The zero-order valence-electron chi connectivity index (χ0n) is 18.7. The predicted octanol–water partition coefficient (Wildman–Crippen LogP) is 5.29. The molecule has 0 spiro atoms. The van der Waals surface area contributed by atoms with Crippen LogP contribution in [0.4, 0.5) is 5.69 Å². The maximum absolute atomic E-state index is 13.5. The molecule has 4 bridgehead atoms. The first-order valence-electron chi connectivity index (χ1n) is 12.3. The van der Waals surface area contributed by atoms with E-state index in [4.69, 9.17) is 0 Å². The molecule has 1 N–H and O–H groups in total. The highest BCUT2D eigenvalue weighted by atomic mass is 16.3. The van der Waals surface area contributed by atoms with Crippen molar-refractivity contribution in [2.75, 3.05) is 13.1 Å². The fourth-order valence-electron chi connectivity index (χ4n) is 7.38. The first-order valence-corrected chi connectivity index (χ1v) is 12.3. The zero-order chi connectivity index (χ0) is 21.7. The smallest absolute Gasteiger partial charge is 0.347 e. The van der Waals surface area contributed by atoms with E-state index < -0.39 is 0 Å². The van der Waals surface area contributed by atoms with Gasteiger partial charge in [-0.1, -0.05) is 42.5 Å². The van der Waals surface area contributed by atoms with Gasteiger partial charge in [0.1, 0.15) is 12.3 Å². The molecule has 2 aromatic rings. The van der Waals surface area contributed by atoms with Crippen LogP contribution in [0.3, 0.4) is 0 Å². The first-order chi connectivity index (χ1) is 15.6. The van der Waals surface area contributed by atoms with Gasteiger partial charge in [-0.05, 0) is 50.0 Å². The minimum atomic E-state index is -0.00913. The van der Waals surface area contributed by atoms with Gasteiger partial charge in [0.25, 0.3) is 0 Å². The van der Waals surface area contributed by atoms with Gasteiger partial charge in [0.2, 0.25) is 0 Å². The number of hydrogen-bond donors (Lipinski definition) is 1. The van der Waals surface area contributed by atoms with Crippen molar-refractivity contribution in [1.82, 2.24) is 9.38 Å². The van der Waals surface area contributed by atoms with Crippen LogP contribution in [0.2, 0.25) is 0 Å². The molecule has 5 aliphatic rings. The van der Waals surface area contributed by atoms with Gasteiger partial charge in [0, 0.05) is 36.7 Å². The Morgan fingerprint density at radius 2 is 1.53 bits per heavy atom. The summed E-state index contributed by atoms with van der Waals surface area (Å²) in [5.74, 6) is 2.02. The second-order valence-corrected chi connectivity index (χ2v) is 10.5. The molecular weight excluding hydrogens is 396 g/mol. The van der Waals surface area contributed by atoms with E-state index in [9.17, 15) is 9.90 Å². The van der Waals surface area contributed by atoms with Crippen LogP contribution in [0, 0.1) is 11.8 Å². The third-order valence-corrected chi connectivity index (χ3v) is 8.60. The van der Waals surface area contributed by atoms with E-state index in [1.807, 2.05) is 42.5 Å². The maximum Gasteiger partial charge on any atom is 0.347 e. The van der Waals surface area contributed by atoms with Crippen molar-refractivity contribution in [3.63, 3.8) is 0 Å². The van der Waals surface area contributed by atoms with Crippen LogP contribution in [0.1, 0.15) is 49.7 Å². The summed E-state index contributed by atoms with van der Waals surface area (Å²) in [6, 6.07) is 19.7. The number of aliphatic hydroxyl groups is 1. The van der Waals surface area contributed by atoms with Crippen molar-refractivity contribution in [1.29, 1.82) is 0 Å². The second-order valence-electron chi connectivity index (χ2n) is 10.5. The molecule has 0 aromatic heterocycles. The molecule has 2 saturated carbocycles. The Morgan fingerprint density at radius 3 is 2.25 bits per heavy atom. The summed E-state index contributed by atoms with van der Waals surface area (Å²) in [5, 5.41) is 10.5. The number of carbonyl (C=O) groups is 1. The topological polar surface area (TPSA) is 40.5 Å². The van der Waals surface area contributed by atoms with Crippen LogP contribution in [0.5, 0.6) is 0 Å². The molecule has 2 saturated heterocycles. The van der Waals surface area contributed by atoms with E-state index >= 15 is 0 Å². The number of carbonyl (C=O) groups excluding carboxylic acids is 1. The lowest BCUT2D eigenvalue weighted by atomic mass is 9.63. The first kappa shape index (κ1) is 20.2. The standard InChI is InChI=1S/C28H32N2O2/c31-27-18-28(32)30(19-20-7-2-1-3-8-20,26-10-5-4-9-25(26)27)12-6-11-29-23-14-21-13-22(16-23)17-24(29)15-21/h1-5,7-10,18,21-24H,6,11-17,19H2/p+1. The Bertz CT molecular complexity index is 1020. The molecule has 166 valence electrons. The van der Waals surface area contributed by atoms with E-state index in [2.05, 4.69) is 17.0 Å². The minimum absolute atomic E-state index is 0.00913. The molecule has 1 amide bonds. The van der Waals surface area contributed by atoms with Crippen LogP contribution in [0.15, 0.2) is 60.7 Å². The van der Waals surface area contributed by atoms with Crippen molar-refractivity contribution in [3.8, 4) is 0 Å². The minimum Gasteiger partial charge on any atom is -0.507 e. The number of rotatable bonds is 6. The number of piperidine rings is 2. The number of aliphatic hydroxyl groups excluding tert-OH is 1. The van der Waals surface area contributed by atoms with Gasteiger partial charge in [0.05, 0.1) is 18.2 Å². The highest BCUT2D eigenvalue weighted by molar-refractivity contribution is 6.06. The van der Waals surface area contributed by atoms with E-state index in [0.717, 1.165) is 60.2 Å². The number of para-hydroxylation sites is 1. The lowest BCUT2D eigenvalue weighted by molar-refractivity contribution is -0.126. The van der Waals surface area contributed by atoms with Crippen molar-refractivity contribution in [3.05, 3.63) is 71.8 Å². The maximum atomic E-state index is 13.5. The number of hydrogen-bond acceptors (Lipinski definition) is 3. The Labute approximate surface area is 190 Å². The summed E-state index contributed by atoms with van der Waals surface area (Å²) in [6.07, 6.45) is 9.45. The highest BCUT2D eigenvalue weighted by Gasteiger charge is 2.47. The molecule has 4 heteroatoms. The highest BCUT2D eigenvalue weighted by Crippen LogP contribution is 2.49. The van der Waals surface area contributed by atoms with Gasteiger partial charge in [-0.2, -0.15) is 0 Å². The summed E-state index contributed by atoms with van der Waals surface area (Å²) in [7, 11) is 0. The van der Waals surface area contributed by atoms with Crippen molar-refractivity contribution in [2.24, 2.45) is 11.8 Å². The SMILES string of the molecule is O=C1C=C(O)c2ccccc2[N+]1(CCCN1C2CC3CC(C2)CC1C3)Cc1ccccc1. The molecule has 4 fully saturated rings. The second kappa shape index (κ2) is 7.86. The van der Waals surface area contributed by atoms with Crippen LogP contribution in [-0.2, 0) is 11.3 Å². The van der Waals surface area contributed by atoms with Gasteiger partial charge in [-0.15, -0.1) is 0 Å². The number of quaternary nitrogens is 1. The van der Waals surface area contributed by atoms with Crippen LogP contribution < -0.4 is 4.48 Å². The van der Waals surface area contributed by atoms with Crippen LogP contribution >= 0.6 is 0 Å². The van der Waals surface area contributed by atoms with Crippen molar-refractivity contribution >= 4 is 17.4 Å². The molecule has 3 aliphatic heterocycles. The van der Waals surface area contributed by atoms with Crippen LogP contribution in [-0.4, -0.2) is 41.1 Å². The largest absolute Gasteiger partial charge is 0.507 e. The van der Waals surface area contributed by atoms with Gasteiger partial charge >= 0.3 is 5.91 Å². The number of benzene rings is 2. The Hall–Kier alpha value is -2.43. The van der Waals surface area contributed by atoms with Gasteiger partial charge in [-0.25, -0.2) is 9.28 Å². The summed E-state index contributed by atoms with van der Waals surface area (Å²) in [5.41, 5.74) is 2.87. The summed E-state index contributed by atoms with van der Waals surface area (Å²) in [6.45, 7) is 2.46. The normalized spacial score (nSPS) is 33.2. The van der Waals surface area contributed by atoms with Crippen LogP contribution in [0.25, 0.3) is 5.76 Å². The third kappa shape index (κ3) is 3.32. The molecule has 4 nitrogen and oxygen atoms in total. The lowest BCUT2D eigenvalue weighted by Crippen LogP contribution is -2.59. The molecule has 1 unspecified atom stereocenters. The number of nitrogens with zero attached hydrogens (tertiary/aromatic N) is 2. The molecule has 2 aliphatic carbocycles. The zero-order valence-corrected chi connectivity index (χ0v) is 18.7. The van der Waals surface area contributed by atoms with E-state index in [-0.39, 0.29) is 16.1 Å². The molecule has 7 rings (SSSR count). The molecule has 32 heavy (non-hydrogen) atoms. The van der Waals surface area contributed by atoms with E-state index in [1.165, 1.54) is 38.2 Å². The number of fused-ring (bicyclic) bond motifs is 1. The summed E-state index contributed by atoms with van der Waals surface area (Å²) < 4.78 is 0.263. The van der Waals surface area contributed by atoms with Gasteiger partial charge < -0.3 is 5.11 Å². The molecule has 2 aromatic carbocycles. The van der Waals surface area contributed by atoms with E-state index in [1.54, 1.807) is 0 Å². The Morgan fingerprint density at radius 1 is 0.875 bits per heavy atom. The molecular formula is C28H33N2O2+. The Kier molecular flexibility index (Phi) is 4.96. The number of amides is 1. The molecule has 1 atom stereocenters. The van der Waals surface area contributed by atoms with Crippen molar-refractivity contribution in [2.45, 2.75) is 57.2 Å².